The second kappa shape index (κ2) is 11.9. The zero-order chi connectivity index (χ0) is 19.1. The van der Waals surface area contributed by atoms with Crippen LogP contribution in [-0.4, -0.2) is 42.6 Å². The Morgan fingerprint density at radius 2 is 1.82 bits per heavy atom. The summed E-state index contributed by atoms with van der Waals surface area (Å²) in [6.45, 7) is 5.12. The van der Waals surface area contributed by atoms with Crippen molar-refractivity contribution in [3.63, 3.8) is 0 Å². The summed E-state index contributed by atoms with van der Waals surface area (Å²) in [6, 6.07) is 4.65. The van der Waals surface area contributed by atoms with Crippen molar-refractivity contribution in [2.75, 3.05) is 19.6 Å². The van der Waals surface area contributed by atoms with E-state index in [0.717, 1.165) is 50.7 Å². The molecular formula is C21H33F2IN4. The molecule has 1 aliphatic heterocycles. The molecule has 7 heteroatoms. The van der Waals surface area contributed by atoms with E-state index >= 15 is 0 Å². The van der Waals surface area contributed by atoms with Crippen molar-refractivity contribution in [1.29, 1.82) is 0 Å². The van der Waals surface area contributed by atoms with Gasteiger partial charge in [-0.15, -0.1) is 24.0 Å². The standard InChI is InChI=1S/C21H32F2N4.HI/c1-2-24-21(25-15-16-14-17(22)8-9-20(16)23)26-18-10-12-27(13-11-18)19-6-4-3-5-7-19;/h8-9,14,18-19H,2-7,10-13,15H2,1H3,(H2,24,25,26);1H. The third-order valence-electron chi connectivity index (χ3n) is 5.72. The van der Waals surface area contributed by atoms with Gasteiger partial charge in [0.2, 0.25) is 0 Å². The van der Waals surface area contributed by atoms with E-state index in [0.29, 0.717) is 12.0 Å². The summed E-state index contributed by atoms with van der Waals surface area (Å²) in [5.74, 6) is -0.177. The number of guanidine groups is 1. The van der Waals surface area contributed by atoms with Crippen molar-refractivity contribution in [1.82, 2.24) is 15.5 Å². The van der Waals surface area contributed by atoms with Gasteiger partial charge in [0.25, 0.3) is 0 Å². The number of nitrogens with one attached hydrogen (secondary N) is 2. The molecule has 1 heterocycles. The maximum absolute atomic E-state index is 13.8. The normalized spacial score (nSPS) is 19.9. The van der Waals surface area contributed by atoms with Crippen LogP contribution >= 0.6 is 24.0 Å². The summed E-state index contributed by atoms with van der Waals surface area (Å²) in [5, 5.41) is 6.70. The fourth-order valence-corrected chi connectivity index (χ4v) is 4.20. The second-order valence-corrected chi connectivity index (χ2v) is 7.68. The number of aliphatic imine (C=N–C) groups is 1. The van der Waals surface area contributed by atoms with E-state index in [4.69, 9.17) is 0 Å². The Labute approximate surface area is 184 Å². The maximum atomic E-state index is 13.8. The number of benzene rings is 1. The third-order valence-corrected chi connectivity index (χ3v) is 5.72. The fraction of sp³-hybridized carbons (Fsp3) is 0.667. The van der Waals surface area contributed by atoms with Gasteiger partial charge in [0, 0.05) is 37.3 Å². The minimum atomic E-state index is -0.436. The van der Waals surface area contributed by atoms with Gasteiger partial charge in [0.15, 0.2) is 5.96 Å². The topological polar surface area (TPSA) is 39.7 Å². The molecule has 1 aliphatic carbocycles. The highest BCUT2D eigenvalue weighted by Gasteiger charge is 2.26. The summed E-state index contributed by atoms with van der Waals surface area (Å²) in [5.41, 5.74) is 0.277. The summed E-state index contributed by atoms with van der Waals surface area (Å²) in [6.07, 6.45) is 9.02. The lowest BCUT2D eigenvalue weighted by Gasteiger charge is -2.39. The average Bonchev–Trinajstić information content (AvgIpc) is 2.70. The molecule has 2 fully saturated rings. The van der Waals surface area contributed by atoms with Crippen LogP contribution in [0.4, 0.5) is 8.78 Å². The van der Waals surface area contributed by atoms with E-state index in [-0.39, 0.29) is 36.1 Å². The molecule has 158 valence electrons. The molecule has 1 aromatic carbocycles. The number of nitrogens with zero attached hydrogens (tertiary/aromatic N) is 2. The highest BCUT2D eigenvalue weighted by molar-refractivity contribution is 14.0. The van der Waals surface area contributed by atoms with Crippen molar-refractivity contribution in [2.24, 2.45) is 4.99 Å². The van der Waals surface area contributed by atoms with Crippen LogP contribution in [-0.2, 0) is 6.54 Å². The fourth-order valence-electron chi connectivity index (χ4n) is 4.20. The molecule has 28 heavy (non-hydrogen) atoms. The molecule has 4 nitrogen and oxygen atoms in total. The Bertz CT molecular complexity index is 627. The quantitative estimate of drug-likeness (QED) is 0.353. The molecule has 1 aromatic rings. The van der Waals surface area contributed by atoms with E-state index in [2.05, 4.69) is 20.5 Å². The van der Waals surface area contributed by atoms with Crippen LogP contribution in [0, 0.1) is 11.6 Å². The van der Waals surface area contributed by atoms with E-state index in [9.17, 15) is 8.78 Å². The zero-order valence-electron chi connectivity index (χ0n) is 16.7. The summed E-state index contributed by atoms with van der Waals surface area (Å²) in [7, 11) is 0. The SMILES string of the molecule is CCNC(=NCc1cc(F)ccc1F)NC1CCN(C2CCCCC2)CC1.I. The van der Waals surface area contributed by atoms with Gasteiger partial charge in [-0.2, -0.15) is 0 Å². The van der Waals surface area contributed by atoms with Crippen molar-refractivity contribution in [3.05, 3.63) is 35.4 Å². The molecule has 0 aromatic heterocycles. The Morgan fingerprint density at radius 1 is 1.11 bits per heavy atom. The van der Waals surface area contributed by atoms with Crippen LogP contribution in [0.1, 0.15) is 57.4 Å². The first-order valence-corrected chi connectivity index (χ1v) is 10.4. The van der Waals surface area contributed by atoms with Gasteiger partial charge in [-0.25, -0.2) is 13.8 Å². The maximum Gasteiger partial charge on any atom is 0.191 e. The highest BCUT2D eigenvalue weighted by Crippen LogP contribution is 2.25. The molecule has 2 N–H and O–H groups in total. The van der Waals surface area contributed by atoms with Crippen molar-refractivity contribution < 1.29 is 8.78 Å². The van der Waals surface area contributed by atoms with Crippen LogP contribution in [0.3, 0.4) is 0 Å². The lowest BCUT2D eigenvalue weighted by Crippen LogP contribution is -2.50. The Kier molecular flexibility index (Phi) is 9.91. The minimum absolute atomic E-state index is 0. The second-order valence-electron chi connectivity index (χ2n) is 7.68. The van der Waals surface area contributed by atoms with Crippen LogP contribution in [0.15, 0.2) is 23.2 Å². The van der Waals surface area contributed by atoms with E-state index in [1.807, 2.05) is 6.92 Å². The lowest BCUT2D eigenvalue weighted by atomic mass is 9.92. The molecule has 2 aliphatic rings. The molecule has 3 rings (SSSR count). The summed E-state index contributed by atoms with van der Waals surface area (Å²) >= 11 is 0. The Morgan fingerprint density at radius 3 is 2.50 bits per heavy atom. The van der Waals surface area contributed by atoms with E-state index < -0.39 is 11.6 Å². The molecule has 0 amide bonds. The first-order valence-electron chi connectivity index (χ1n) is 10.4. The molecule has 1 saturated carbocycles. The molecule has 0 unspecified atom stereocenters. The van der Waals surface area contributed by atoms with Gasteiger partial charge in [-0.1, -0.05) is 19.3 Å². The predicted octanol–water partition coefficient (Wildman–Crippen LogP) is 4.44. The number of likely N-dealkylation sites (tertiary alicyclic amines) is 1. The first kappa shape index (κ1) is 23.3. The molecule has 0 bridgehead atoms. The van der Waals surface area contributed by atoms with Gasteiger partial charge < -0.3 is 15.5 Å². The van der Waals surface area contributed by atoms with Gasteiger partial charge in [0.05, 0.1) is 6.54 Å². The number of hydrogen-bond donors (Lipinski definition) is 2. The van der Waals surface area contributed by atoms with Crippen LogP contribution in [0.5, 0.6) is 0 Å². The Balaban J connectivity index is 0.00000280. The van der Waals surface area contributed by atoms with Gasteiger partial charge in [0.1, 0.15) is 11.6 Å². The lowest BCUT2D eigenvalue weighted by molar-refractivity contribution is 0.119. The van der Waals surface area contributed by atoms with Crippen molar-refractivity contribution >= 4 is 29.9 Å². The van der Waals surface area contributed by atoms with E-state index in [1.165, 1.54) is 38.2 Å². The molecule has 0 spiro atoms. The Hall–Kier alpha value is -0.960. The van der Waals surface area contributed by atoms with Gasteiger partial charge in [-0.3, -0.25) is 0 Å². The third kappa shape index (κ3) is 6.83. The minimum Gasteiger partial charge on any atom is -0.357 e. The largest absolute Gasteiger partial charge is 0.357 e. The molecule has 0 radical (unpaired) electrons. The van der Waals surface area contributed by atoms with Crippen molar-refractivity contribution in [2.45, 2.75) is 70.5 Å². The van der Waals surface area contributed by atoms with Crippen LogP contribution < -0.4 is 10.6 Å². The van der Waals surface area contributed by atoms with Gasteiger partial charge in [-0.05, 0) is 50.8 Å². The number of hydrogen-bond acceptors (Lipinski definition) is 2. The smallest absolute Gasteiger partial charge is 0.191 e. The predicted molar refractivity (Wildman–Crippen MR) is 121 cm³/mol. The molecule has 1 saturated heterocycles. The highest BCUT2D eigenvalue weighted by atomic mass is 127. The zero-order valence-corrected chi connectivity index (χ0v) is 19.1. The molecule has 0 atom stereocenters. The number of rotatable bonds is 5. The van der Waals surface area contributed by atoms with Gasteiger partial charge >= 0.3 is 0 Å². The monoisotopic (exact) mass is 506 g/mol. The number of piperidine rings is 1. The van der Waals surface area contributed by atoms with Crippen LogP contribution in [0.2, 0.25) is 0 Å². The first-order chi connectivity index (χ1) is 13.2. The van der Waals surface area contributed by atoms with Crippen molar-refractivity contribution in [3.8, 4) is 0 Å². The average molecular weight is 506 g/mol. The number of halogens is 3. The van der Waals surface area contributed by atoms with Crippen LogP contribution in [0.25, 0.3) is 0 Å². The van der Waals surface area contributed by atoms with E-state index in [1.54, 1.807) is 0 Å². The molecular weight excluding hydrogens is 473 g/mol. The summed E-state index contributed by atoms with van der Waals surface area (Å²) < 4.78 is 27.1. The summed E-state index contributed by atoms with van der Waals surface area (Å²) in [4.78, 5) is 7.12.